The highest BCUT2D eigenvalue weighted by atomic mass is 35.5. The molecular weight excluding hydrogens is 268 g/mol. The number of para-hydroxylation sites is 2. The average molecular weight is 280 g/mol. The van der Waals surface area contributed by atoms with E-state index in [2.05, 4.69) is 34.2 Å². The van der Waals surface area contributed by atoms with Crippen LogP contribution < -0.4 is 0 Å². The van der Waals surface area contributed by atoms with Gasteiger partial charge in [0.25, 0.3) is 0 Å². The van der Waals surface area contributed by atoms with Gasteiger partial charge in [0, 0.05) is 45.3 Å². The van der Waals surface area contributed by atoms with Gasteiger partial charge >= 0.3 is 0 Å². The average Bonchev–Trinajstić information content (AvgIpc) is 3.11. The molecular formula is C17H12ClN2. The van der Waals surface area contributed by atoms with E-state index in [1.807, 2.05) is 36.7 Å². The number of hydrogen-bond acceptors (Lipinski definition) is 0. The van der Waals surface area contributed by atoms with Gasteiger partial charge in [0.1, 0.15) is 5.38 Å². The molecule has 0 aliphatic carbocycles. The van der Waals surface area contributed by atoms with Crippen LogP contribution in [0.2, 0.25) is 0 Å². The van der Waals surface area contributed by atoms with Crippen LogP contribution >= 0.6 is 11.6 Å². The minimum absolute atomic E-state index is 0.764. The minimum atomic E-state index is 0.764. The van der Waals surface area contributed by atoms with Crippen molar-refractivity contribution in [3.63, 3.8) is 0 Å². The number of rotatable bonds is 2. The second kappa shape index (κ2) is 4.43. The fraction of sp³-hybridized carbons (Fsp3) is 0. The van der Waals surface area contributed by atoms with Crippen LogP contribution in [0.4, 0.5) is 0 Å². The highest BCUT2D eigenvalue weighted by Gasteiger charge is 2.19. The van der Waals surface area contributed by atoms with Gasteiger partial charge in [0.15, 0.2) is 0 Å². The van der Waals surface area contributed by atoms with Gasteiger partial charge in [-0.3, -0.25) is 0 Å². The molecule has 0 bridgehead atoms. The van der Waals surface area contributed by atoms with Gasteiger partial charge in [-0.05, 0) is 12.1 Å². The zero-order valence-electron chi connectivity index (χ0n) is 10.7. The molecule has 0 saturated heterocycles. The van der Waals surface area contributed by atoms with E-state index in [1.165, 1.54) is 0 Å². The third kappa shape index (κ3) is 1.65. The summed E-state index contributed by atoms with van der Waals surface area (Å²) in [6.07, 6.45) is 3.93. The van der Waals surface area contributed by atoms with Crippen molar-refractivity contribution in [1.82, 2.24) is 9.97 Å². The van der Waals surface area contributed by atoms with Gasteiger partial charge in [0.2, 0.25) is 0 Å². The van der Waals surface area contributed by atoms with E-state index < -0.39 is 0 Å². The van der Waals surface area contributed by atoms with Crippen molar-refractivity contribution < 1.29 is 0 Å². The zero-order chi connectivity index (χ0) is 13.5. The quantitative estimate of drug-likeness (QED) is 0.527. The van der Waals surface area contributed by atoms with E-state index in [1.54, 1.807) is 0 Å². The molecule has 0 amide bonds. The largest absolute Gasteiger partial charge is 0.361 e. The van der Waals surface area contributed by atoms with Crippen LogP contribution in [0, 0.1) is 5.38 Å². The summed E-state index contributed by atoms with van der Waals surface area (Å²) in [7, 11) is 0. The second-order valence-electron chi connectivity index (χ2n) is 4.81. The third-order valence-corrected chi connectivity index (χ3v) is 4.06. The molecule has 97 valence electrons. The van der Waals surface area contributed by atoms with E-state index in [-0.39, 0.29) is 0 Å². The van der Waals surface area contributed by atoms with Crippen LogP contribution in [0.25, 0.3) is 21.8 Å². The summed E-state index contributed by atoms with van der Waals surface area (Å²) in [5.41, 5.74) is 4.26. The van der Waals surface area contributed by atoms with Crippen molar-refractivity contribution in [3.8, 4) is 0 Å². The van der Waals surface area contributed by atoms with Crippen molar-refractivity contribution in [3.05, 3.63) is 77.4 Å². The number of halogens is 1. The summed E-state index contributed by atoms with van der Waals surface area (Å²) in [5, 5.41) is 3.05. The van der Waals surface area contributed by atoms with Crippen molar-refractivity contribution in [2.24, 2.45) is 0 Å². The fourth-order valence-electron chi connectivity index (χ4n) is 2.65. The predicted molar refractivity (Wildman–Crippen MR) is 83.9 cm³/mol. The van der Waals surface area contributed by atoms with Crippen LogP contribution in [0.5, 0.6) is 0 Å². The Morgan fingerprint density at radius 1 is 0.700 bits per heavy atom. The topological polar surface area (TPSA) is 31.6 Å². The van der Waals surface area contributed by atoms with Crippen LogP contribution in [0.15, 0.2) is 60.9 Å². The molecule has 0 aliphatic rings. The van der Waals surface area contributed by atoms with Gasteiger partial charge in [-0.2, -0.15) is 0 Å². The maximum atomic E-state index is 6.65. The molecule has 1 radical (unpaired) electrons. The Morgan fingerprint density at radius 2 is 1.15 bits per heavy atom. The molecule has 0 unspecified atom stereocenters. The lowest BCUT2D eigenvalue weighted by Crippen LogP contribution is -1.91. The number of aromatic nitrogens is 2. The molecule has 0 atom stereocenters. The molecule has 0 aliphatic heterocycles. The van der Waals surface area contributed by atoms with E-state index in [0.717, 1.165) is 38.3 Å². The first kappa shape index (κ1) is 11.6. The number of nitrogens with one attached hydrogen (secondary N) is 2. The number of aromatic amines is 2. The molecule has 4 rings (SSSR count). The molecule has 2 aromatic heterocycles. The summed E-state index contributed by atoms with van der Waals surface area (Å²) in [6, 6.07) is 16.4. The number of hydrogen-bond donors (Lipinski definition) is 2. The molecule has 4 aromatic rings. The predicted octanol–water partition coefficient (Wildman–Crippen LogP) is 4.82. The van der Waals surface area contributed by atoms with Crippen LogP contribution in [0.1, 0.15) is 11.1 Å². The summed E-state index contributed by atoms with van der Waals surface area (Å²) in [4.78, 5) is 6.53. The standard InChI is InChI=1S/C17H12ClN2/c18-17(13-9-19-15-7-3-1-5-11(13)15)14-10-20-16-8-4-2-6-12(14)16/h1-10,19-20H. The third-order valence-electron chi connectivity index (χ3n) is 3.65. The van der Waals surface area contributed by atoms with E-state index in [0.29, 0.717) is 0 Å². The Balaban J connectivity index is 1.90. The van der Waals surface area contributed by atoms with Crippen molar-refractivity contribution in [2.45, 2.75) is 0 Å². The van der Waals surface area contributed by atoms with Gasteiger partial charge in [-0.15, -0.1) is 11.6 Å². The monoisotopic (exact) mass is 279 g/mol. The Labute approximate surface area is 121 Å². The Morgan fingerprint density at radius 3 is 1.65 bits per heavy atom. The Hall–Kier alpha value is -2.19. The molecule has 20 heavy (non-hydrogen) atoms. The molecule has 2 nitrogen and oxygen atoms in total. The normalized spacial score (nSPS) is 11.7. The first-order valence-electron chi connectivity index (χ1n) is 6.50. The van der Waals surface area contributed by atoms with Crippen LogP contribution in [-0.2, 0) is 0 Å². The Bertz CT molecular complexity index is 814. The maximum absolute atomic E-state index is 6.65. The summed E-state index contributed by atoms with van der Waals surface area (Å²) in [6.45, 7) is 0. The fourth-order valence-corrected chi connectivity index (χ4v) is 2.96. The number of H-pyrrole nitrogens is 2. The Kier molecular flexibility index (Phi) is 2.57. The lowest BCUT2D eigenvalue weighted by atomic mass is 10.0. The van der Waals surface area contributed by atoms with Gasteiger partial charge in [0.05, 0.1) is 0 Å². The van der Waals surface area contributed by atoms with E-state index in [4.69, 9.17) is 11.6 Å². The molecule has 0 saturated carbocycles. The molecule has 0 spiro atoms. The lowest BCUT2D eigenvalue weighted by molar-refractivity contribution is 1.37. The number of fused-ring (bicyclic) bond motifs is 2. The smallest absolute Gasteiger partial charge is 0.126 e. The van der Waals surface area contributed by atoms with Crippen molar-refractivity contribution in [2.75, 3.05) is 0 Å². The molecule has 0 fully saturated rings. The summed E-state index contributed by atoms with van der Waals surface area (Å²) in [5.74, 6) is 0. The lowest BCUT2D eigenvalue weighted by Gasteiger charge is -2.06. The highest BCUT2D eigenvalue weighted by Crippen LogP contribution is 2.36. The minimum Gasteiger partial charge on any atom is -0.361 e. The number of benzene rings is 2. The van der Waals surface area contributed by atoms with Gasteiger partial charge < -0.3 is 9.97 Å². The summed E-state index contributed by atoms with van der Waals surface area (Å²) < 4.78 is 0. The second-order valence-corrected chi connectivity index (χ2v) is 5.19. The first-order chi connectivity index (χ1) is 9.84. The van der Waals surface area contributed by atoms with Crippen molar-refractivity contribution in [1.29, 1.82) is 0 Å². The maximum Gasteiger partial charge on any atom is 0.126 e. The van der Waals surface area contributed by atoms with E-state index in [9.17, 15) is 0 Å². The highest BCUT2D eigenvalue weighted by molar-refractivity contribution is 6.33. The first-order valence-corrected chi connectivity index (χ1v) is 6.88. The van der Waals surface area contributed by atoms with Gasteiger partial charge in [-0.25, -0.2) is 0 Å². The zero-order valence-corrected chi connectivity index (χ0v) is 11.4. The van der Waals surface area contributed by atoms with E-state index >= 15 is 0 Å². The molecule has 2 N–H and O–H groups in total. The van der Waals surface area contributed by atoms with Crippen LogP contribution in [0.3, 0.4) is 0 Å². The molecule has 2 aromatic carbocycles. The molecule has 2 heterocycles. The SMILES string of the molecule is Cl[C](c1c[nH]c2ccccc12)c1c[nH]c2ccccc12. The summed E-state index contributed by atoms with van der Waals surface area (Å²) >= 11 is 6.65. The van der Waals surface area contributed by atoms with Crippen LogP contribution in [-0.4, -0.2) is 9.97 Å². The van der Waals surface area contributed by atoms with Crippen molar-refractivity contribution >= 4 is 33.4 Å². The molecule has 3 heteroatoms. The van der Waals surface area contributed by atoms with Gasteiger partial charge in [-0.1, -0.05) is 36.4 Å².